The van der Waals surface area contributed by atoms with E-state index in [9.17, 15) is 5.11 Å². The largest absolute Gasteiger partial charge is 0.508 e. The van der Waals surface area contributed by atoms with E-state index in [1.165, 1.54) is 5.71 Å². The van der Waals surface area contributed by atoms with E-state index >= 15 is 0 Å². The second-order valence-corrected chi connectivity index (χ2v) is 5.92. The van der Waals surface area contributed by atoms with Gasteiger partial charge in [0.2, 0.25) is 0 Å². The summed E-state index contributed by atoms with van der Waals surface area (Å²) in [5, 5.41) is 9.74. The lowest BCUT2D eigenvalue weighted by Gasteiger charge is -2.23. The Morgan fingerprint density at radius 1 is 1.29 bits per heavy atom. The summed E-state index contributed by atoms with van der Waals surface area (Å²) in [7, 11) is 0. The smallest absolute Gasteiger partial charge is 0.119 e. The number of para-hydroxylation sites is 1. The molecule has 1 atom stereocenters. The molecule has 17 heavy (non-hydrogen) atoms. The van der Waals surface area contributed by atoms with Crippen molar-refractivity contribution < 1.29 is 5.11 Å². The fourth-order valence-corrected chi connectivity index (χ4v) is 2.29. The maximum atomic E-state index is 9.74. The molecule has 1 aliphatic rings. The maximum absolute atomic E-state index is 9.74. The van der Waals surface area contributed by atoms with Crippen LogP contribution >= 0.6 is 0 Å². The minimum Gasteiger partial charge on any atom is -0.508 e. The summed E-state index contributed by atoms with van der Waals surface area (Å²) in [6.45, 7) is 6.72. The van der Waals surface area contributed by atoms with E-state index in [1.54, 1.807) is 6.07 Å². The first kappa shape index (κ1) is 12.2. The number of nitrogens with zero attached hydrogens (tertiary/aromatic N) is 1. The van der Waals surface area contributed by atoms with Gasteiger partial charge in [-0.1, -0.05) is 39.0 Å². The summed E-state index contributed by atoms with van der Waals surface area (Å²) < 4.78 is 0. The van der Waals surface area contributed by atoms with Gasteiger partial charge in [-0.2, -0.15) is 0 Å². The molecule has 2 nitrogen and oxygen atoms in total. The molecule has 0 bridgehead atoms. The zero-order valence-corrected chi connectivity index (χ0v) is 10.9. The lowest BCUT2D eigenvalue weighted by atomic mass is 9.86. The van der Waals surface area contributed by atoms with Crippen LogP contribution in [0.2, 0.25) is 0 Å². The normalized spacial score (nSPS) is 20.4. The fourth-order valence-electron chi connectivity index (χ4n) is 2.29. The van der Waals surface area contributed by atoms with Crippen LogP contribution in [0.15, 0.2) is 29.3 Å². The predicted molar refractivity (Wildman–Crippen MR) is 71.7 cm³/mol. The Hall–Kier alpha value is -1.31. The molecule has 0 unspecified atom stereocenters. The van der Waals surface area contributed by atoms with E-state index in [0.29, 0.717) is 11.8 Å². The number of aromatic hydroxyl groups is 1. The zero-order valence-electron chi connectivity index (χ0n) is 10.9. The van der Waals surface area contributed by atoms with Gasteiger partial charge in [0.15, 0.2) is 0 Å². The van der Waals surface area contributed by atoms with Crippen molar-refractivity contribution in [3.8, 4) is 5.75 Å². The molecule has 2 heteroatoms. The van der Waals surface area contributed by atoms with Crippen LogP contribution in [0, 0.1) is 5.41 Å². The maximum Gasteiger partial charge on any atom is 0.119 e. The molecule has 0 saturated carbocycles. The number of aliphatic imine (C=N–C) groups is 1. The van der Waals surface area contributed by atoms with Crippen molar-refractivity contribution >= 4 is 5.71 Å². The number of phenols is 1. The third-order valence-corrected chi connectivity index (χ3v) is 3.43. The first-order valence-electron chi connectivity index (χ1n) is 6.29. The minimum absolute atomic E-state index is 0.250. The highest BCUT2D eigenvalue weighted by atomic mass is 16.3. The highest BCUT2D eigenvalue weighted by Gasteiger charge is 2.28. The van der Waals surface area contributed by atoms with Crippen LogP contribution in [0.5, 0.6) is 5.75 Å². The first-order chi connectivity index (χ1) is 7.97. The van der Waals surface area contributed by atoms with Crippen LogP contribution in [-0.2, 0) is 6.42 Å². The summed E-state index contributed by atoms with van der Waals surface area (Å²) >= 11 is 0. The average Bonchev–Trinajstić information content (AvgIpc) is 2.69. The van der Waals surface area contributed by atoms with Gasteiger partial charge in [-0.3, -0.25) is 4.99 Å². The molecular weight excluding hydrogens is 210 g/mol. The number of hydrogen-bond donors (Lipinski definition) is 1. The molecule has 0 saturated heterocycles. The van der Waals surface area contributed by atoms with Crippen LogP contribution in [0.25, 0.3) is 0 Å². The number of hydrogen-bond acceptors (Lipinski definition) is 2. The molecule has 0 aromatic heterocycles. The van der Waals surface area contributed by atoms with Crippen molar-refractivity contribution in [3.05, 3.63) is 29.8 Å². The molecular formula is C15H21NO. The van der Waals surface area contributed by atoms with Gasteiger partial charge in [-0.05, 0) is 29.9 Å². The molecule has 1 aromatic carbocycles. The van der Waals surface area contributed by atoms with Crippen molar-refractivity contribution in [3.63, 3.8) is 0 Å². The molecule has 1 N–H and O–H groups in total. The monoisotopic (exact) mass is 231 g/mol. The number of phenolic OH excluding ortho intramolecular Hbond substituents is 1. The van der Waals surface area contributed by atoms with E-state index in [1.807, 2.05) is 18.2 Å². The van der Waals surface area contributed by atoms with Gasteiger partial charge in [-0.15, -0.1) is 0 Å². The van der Waals surface area contributed by atoms with Crippen LogP contribution in [0.3, 0.4) is 0 Å². The summed E-state index contributed by atoms with van der Waals surface area (Å²) in [5.74, 6) is 0.384. The van der Waals surface area contributed by atoms with Gasteiger partial charge in [0.25, 0.3) is 0 Å². The molecule has 1 aromatic rings. The number of benzene rings is 1. The lowest BCUT2D eigenvalue weighted by molar-refractivity contribution is 0.322. The summed E-state index contributed by atoms with van der Waals surface area (Å²) in [6.07, 6.45) is 3.00. The average molecular weight is 231 g/mol. The molecule has 0 radical (unpaired) electrons. The predicted octanol–water partition coefficient (Wildman–Crippen LogP) is 3.58. The molecule has 92 valence electrons. The van der Waals surface area contributed by atoms with Crippen LogP contribution < -0.4 is 0 Å². The molecule has 1 heterocycles. The summed E-state index contributed by atoms with van der Waals surface area (Å²) in [4.78, 5) is 4.80. The quantitative estimate of drug-likeness (QED) is 0.829. The van der Waals surface area contributed by atoms with E-state index < -0.39 is 0 Å². The standard InChI is InChI=1S/C15H21NO/c1-15(2,3)14-9-8-12(16-14)10-11-6-4-5-7-13(11)17/h4-7,14,17H,8-10H2,1-3H3/t14-/m1/s1. The molecule has 0 spiro atoms. The molecule has 0 amide bonds. The highest BCUT2D eigenvalue weighted by molar-refractivity contribution is 5.88. The molecule has 0 aliphatic carbocycles. The van der Waals surface area contributed by atoms with E-state index in [-0.39, 0.29) is 5.41 Å². The van der Waals surface area contributed by atoms with Gasteiger partial charge < -0.3 is 5.11 Å². The second-order valence-electron chi connectivity index (χ2n) is 5.92. The Labute approximate surface area is 103 Å². The highest BCUT2D eigenvalue weighted by Crippen LogP contribution is 2.31. The third-order valence-electron chi connectivity index (χ3n) is 3.43. The number of rotatable bonds is 2. The first-order valence-corrected chi connectivity index (χ1v) is 6.29. The van der Waals surface area contributed by atoms with E-state index in [2.05, 4.69) is 20.8 Å². The summed E-state index contributed by atoms with van der Waals surface area (Å²) in [5.41, 5.74) is 2.47. The van der Waals surface area contributed by atoms with Gasteiger partial charge in [0, 0.05) is 12.1 Å². The Balaban J connectivity index is 2.09. The van der Waals surface area contributed by atoms with Gasteiger partial charge in [0.1, 0.15) is 5.75 Å². The Morgan fingerprint density at radius 3 is 2.59 bits per heavy atom. The van der Waals surface area contributed by atoms with Crippen molar-refractivity contribution in [2.75, 3.05) is 0 Å². The molecule has 2 rings (SSSR count). The SMILES string of the molecule is CC(C)(C)[C@H]1CCC(Cc2ccccc2O)=N1. The Kier molecular flexibility index (Phi) is 3.23. The van der Waals surface area contributed by atoms with Crippen LogP contribution in [0.1, 0.15) is 39.2 Å². The van der Waals surface area contributed by atoms with Gasteiger partial charge in [0.05, 0.1) is 6.04 Å². The van der Waals surface area contributed by atoms with Crippen molar-refractivity contribution in [1.29, 1.82) is 0 Å². The van der Waals surface area contributed by atoms with Crippen LogP contribution in [0.4, 0.5) is 0 Å². The van der Waals surface area contributed by atoms with Crippen molar-refractivity contribution in [2.45, 2.75) is 46.1 Å². The minimum atomic E-state index is 0.250. The zero-order chi connectivity index (χ0) is 12.5. The lowest BCUT2D eigenvalue weighted by Crippen LogP contribution is -2.21. The van der Waals surface area contributed by atoms with Gasteiger partial charge >= 0.3 is 0 Å². The fraction of sp³-hybridized carbons (Fsp3) is 0.533. The Morgan fingerprint density at radius 2 is 2.00 bits per heavy atom. The summed E-state index contributed by atoms with van der Waals surface area (Å²) in [6, 6.07) is 7.97. The van der Waals surface area contributed by atoms with E-state index in [4.69, 9.17) is 4.99 Å². The molecule has 1 aliphatic heterocycles. The topological polar surface area (TPSA) is 32.6 Å². The second kappa shape index (κ2) is 4.52. The van der Waals surface area contributed by atoms with Gasteiger partial charge in [-0.25, -0.2) is 0 Å². The van der Waals surface area contributed by atoms with Crippen LogP contribution in [-0.4, -0.2) is 16.9 Å². The van der Waals surface area contributed by atoms with Crippen molar-refractivity contribution in [1.82, 2.24) is 0 Å². The third kappa shape index (κ3) is 2.87. The van der Waals surface area contributed by atoms with E-state index in [0.717, 1.165) is 24.8 Å². The van der Waals surface area contributed by atoms with Crippen molar-refractivity contribution in [2.24, 2.45) is 10.4 Å². The molecule has 0 fully saturated rings. The Bertz CT molecular complexity index is 429.